The monoisotopic (exact) mass is 128 g/mol. The minimum absolute atomic E-state index is 0.810. The molecule has 3 heteroatoms. The van der Waals surface area contributed by atoms with E-state index in [0.717, 1.165) is 16.5 Å². The summed E-state index contributed by atoms with van der Waals surface area (Å²) in [5.74, 6) is 0. The number of allylic oxidation sites excluding steroid dienone is 2. The first kappa shape index (κ1) is 5.56. The second kappa shape index (κ2) is 2.13. The fourth-order valence-corrected chi connectivity index (χ4v) is 1.14. The molecule has 1 aliphatic heterocycles. The van der Waals surface area contributed by atoms with Crippen molar-refractivity contribution >= 4 is 11.8 Å². The highest BCUT2D eigenvalue weighted by atomic mass is 32.2. The van der Waals surface area contributed by atoms with Gasteiger partial charge in [0.15, 0.2) is 0 Å². The smallest absolute Gasteiger partial charge is 0.0680 e. The molecule has 0 aliphatic carbocycles. The van der Waals surface area contributed by atoms with Crippen LogP contribution in [0.4, 0.5) is 0 Å². The third-order valence-electron chi connectivity index (χ3n) is 0.874. The van der Waals surface area contributed by atoms with Crippen molar-refractivity contribution in [1.82, 2.24) is 0 Å². The van der Waals surface area contributed by atoms with Crippen LogP contribution in [-0.4, -0.2) is 0 Å². The lowest BCUT2D eigenvalue weighted by Gasteiger charge is -2.04. The Balaban J connectivity index is 2.57. The maximum atomic E-state index is 5.43. The molecule has 0 aromatic rings. The van der Waals surface area contributed by atoms with Gasteiger partial charge in [0.25, 0.3) is 0 Å². The normalized spacial score (nSPS) is 19.5. The lowest BCUT2D eigenvalue weighted by molar-refractivity contribution is 1.29. The van der Waals surface area contributed by atoms with Crippen molar-refractivity contribution in [2.75, 3.05) is 0 Å². The Morgan fingerprint density at radius 3 is 2.00 bits per heavy atom. The third-order valence-corrected chi connectivity index (χ3v) is 1.68. The average molecular weight is 128 g/mol. The first-order valence-corrected chi connectivity index (χ1v) is 3.20. The summed E-state index contributed by atoms with van der Waals surface area (Å²) < 4.78 is 0. The van der Waals surface area contributed by atoms with Crippen LogP contribution in [0.25, 0.3) is 0 Å². The fraction of sp³-hybridized carbons (Fsp3) is 0.200. The third kappa shape index (κ3) is 1.20. The van der Waals surface area contributed by atoms with Gasteiger partial charge in [-0.15, -0.1) is 0 Å². The molecule has 0 saturated heterocycles. The zero-order valence-electron chi connectivity index (χ0n) is 4.42. The molecule has 0 saturated carbocycles. The van der Waals surface area contributed by atoms with E-state index < -0.39 is 0 Å². The zero-order valence-corrected chi connectivity index (χ0v) is 5.24. The molecule has 8 heavy (non-hydrogen) atoms. The second-order valence-electron chi connectivity index (χ2n) is 1.55. The molecule has 0 radical (unpaired) electrons. The predicted molar refractivity (Wildman–Crippen MR) is 36.7 cm³/mol. The Labute approximate surface area is 52.6 Å². The topological polar surface area (TPSA) is 52.0 Å². The Bertz CT molecular complexity index is 133. The molecule has 0 unspecified atom stereocenters. The summed E-state index contributed by atoms with van der Waals surface area (Å²) in [6, 6.07) is 0. The SMILES string of the molecule is NC1=CCC=C(N)S1. The molecular weight excluding hydrogens is 120 g/mol. The van der Waals surface area contributed by atoms with E-state index in [0.29, 0.717) is 0 Å². The van der Waals surface area contributed by atoms with Crippen LogP contribution in [0.15, 0.2) is 22.2 Å². The fourth-order valence-electron chi connectivity index (χ4n) is 0.511. The van der Waals surface area contributed by atoms with Crippen LogP contribution in [0.5, 0.6) is 0 Å². The molecule has 0 bridgehead atoms. The van der Waals surface area contributed by atoms with Gasteiger partial charge in [-0.2, -0.15) is 0 Å². The number of nitrogens with two attached hydrogens (primary N) is 2. The summed E-state index contributed by atoms with van der Waals surface area (Å²) in [6.07, 6.45) is 4.77. The molecule has 44 valence electrons. The first-order valence-electron chi connectivity index (χ1n) is 2.38. The van der Waals surface area contributed by atoms with Crippen molar-refractivity contribution in [2.45, 2.75) is 6.42 Å². The van der Waals surface area contributed by atoms with Crippen molar-refractivity contribution in [1.29, 1.82) is 0 Å². The van der Waals surface area contributed by atoms with Gasteiger partial charge in [-0.3, -0.25) is 0 Å². The molecule has 2 nitrogen and oxygen atoms in total. The van der Waals surface area contributed by atoms with E-state index in [1.54, 1.807) is 0 Å². The highest BCUT2D eigenvalue weighted by molar-refractivity contribution is 8.06. The van der Waals surface area contributed by atoms with Crippen molar-refractivity contribution in [2.24, 2.45) is 11.5 Å². The van der Waals surface area contributed by atoms with Gasteiger partial charge < -0.3 is 11.5 Å². The van der Waals surface area contributed by atoms with E-state index >= 15 is 0 Å². The quantitative estimate of drug-likeness (QED) is 0.505. The van der Waals surface area contributed by atoms with E-state index in [4.69, 9.17) is 11.5 Å². The number of hydrogen-bond donors (Lipinski definition) is 2. The minimum atomic E-state index is 0.810. The second-order valence-corrected chi connectivity index (χ2v) is 2.70. The van der Waals surface area contributed by atoms with E-state index in [1.165, 1.54) is 11.8 Å². The highest BCUT2D eigenvalue weighted by Crippen LogP contribution is 2.21. The predicted octanol–water partition coefficient (Wildman–Crippen LogP) is 0.724. The lowest BCUT2D eigenvalue weighted by atomic mass is 10.4. The molecule has 1 aliphatic rings. The van der Waals surface area contributed by atoms with Gasteiger partial charge in [0, 0.05) is 0 Å². The maximum Gasteiger partial charge on any atom is 0.0680 e. The average Bonchev–Trinajstić information content (AvgIpc) is 1.64. The van der Waals surface area contributed by atoms with E-state index in [-0.39, 0.29) is 0 Å². The summed E-state index contributed by atoms with van der Waals surface area (Å²) in [6.45, 7) is 0. The molecule has 0 fully saturated rings. The Kier molecular flexibility index (Phi) is 1.48. The highest BCUT2D eigenvalue weighted by Gasteiger charge is 1.98. The van der Waals surface area contributed by atoms with Gasteiger partial charge >= 0.3 is 0 Å². The summed E-state index contributed by atoms with van der Waals surface area (Å²) in [5, 5.41) is 1.62. The summed E-state index contributed by atoms with van der Waals surface area (Å²) in [4.78, 5) is 0. The summed E-state index contributed by atoms with van der Waals surface area (Å²) in [5.41, 5.74) is 10.9. The zero-order chi connectivity index (χ0) is 5.98. The summed E-state index contributed by atoms with van der Waals surface area (Å²) >= 11 is 1.42. The molecule has 0 aromatic heterocycles. The summed E-state index contributed by atoms with van der Waals surface area (Å²) in [7, 11) is 0. The van der Waals surface area contributed by atoms with E-state index in [2.05, 4.69) is 0 Å². The van der Waals surface area contributed by atoms with Gasteiger partial charge in [0.05, 0.1) is 10.1 Å². The Hall–Kier alpha value is -0.570. The Morgan fingerprint density at radius 1 is 1.25 bits per heavy atom. The maximum absolute atomic E-state index is 5.43. The molecule has 0 atom stereocenters. The van der Waals surface area contributed by atoms with Crippen molar-refractivity contribution < 1.29 is 0 Å². The molecule has 1 rings (SSSR count). The van der Waals surface area contributed by atoms with Crippen LogP contribution in [0.3, 0.4) is 0 Å². The van der Waals surface area contributed by atoms with Crippen LogP contribution >= 0.6 is 11.8 Å². The van der Waals surface area contributed by atoms with Gasteiger partial charge in [0.2, 0.25) is 0 Å². The number of hydrogen-bond acceptors (Lipinski definition) is 3. The lowest BCUT2D eigenvalue weighted by Crippen LogP contribution is -2.01. The van der Waals surface area contributed by atoms with Crippen molar-refractivity contribution in [3.05, 3.63) is 22.2 Å². The molecule has 0 spiro atoms. The molecule has 1 heterocycles. The van der Waals surface area contributed by atoms with Crippen LogP contribution in [-0.2, 0) is 0 Å². The first-order chi connectivity index (χ1) is 3.79. The number of rotatable bonds is 0. The van der Waals surface area contributed by atoms with Crippen LogP contribution in [0.2, 0.25) is 0 Å². The Morgan fingerprint density at radius 2 is 1.75 bits per heavy atom. The minimum Gasteiger partial charge on any atom is -0.393 e. The molecule has 4 N–H and O–H groups in total. The largest absolute Gasteiger partial charge is 0.393 e. The van der Waals surface area contributed by atoms with Gasteiger partial charge in [-0.25, -0.2) is 0 Å². The standard InChI is InChI=1S/C5H8N2S/c6-4-2-1-3-5(7)8-4/h2-3H,1,6-7H2. The van der Waals surface area contributed by atoms with Crippen molar-refractivity contribution in [3.8, 4) is 0 Å². The van der Waals surface area contributed by atoms with E-state index in [1.807, 2.05) is 12.2 Å². The number of thioether (sulfide) groups is 1. The molecule has 0 aromatic carbocycles. The van der Waals surface area contributed by atoms with Gasteiger partial charge in [-0.05, 0) is 6.42 Å². The molecule has 0 amide bonds. The molecular formula is C5H8N2S. The van der Waals surface area contributed by atoms with Crippen LogP contribution in [0.1, 0.15) is 6.42 Å². The van der Waals surface area contributed by atoms with Gasteiger partial charge in [-0.1, -0.05) is 23.9 Å². The van der Waals surface area contributed by atoms with Crippen LogP contribution < -0.4 is 11.5 Å². The van der Waals surface area contributed by atoms with Crippen molar-refractivity contribution in [3.63, 3.8) is 0 Å². The van der Waals surface area contributed by atoms with Gasteiger partial charge in [0.1, 0.15) is 0 Å². The van der Waals surface area contributed by atoms with Crippen LogP contribution in [0, 0.1) is 0 Å². The van der Waals surface area contributed by atoms with E-state index in [9.17, 15) is 0 Å².